The van der Waals surface area contributed by atoms with Gasteiger partial charge < -0.3 is 28.7 Å². The summed E-state index contributed by atoms with van der Waals surface area (Å²) in [5.41, 5.74) is 2.16. The Bertz CT molecular complexity index is 1810. The third-order valence-electron chi connectivity index (χ3n) is 8.50. The van der Waals surface area contributed by atoms with Gasteiger partial charge in [-0.3, -0.25) is 9.59 Å². The Morgan fingerprint density at radius 3 is 1.79 bits per heavy atom. The van der Waals surface area contributed by atoms with Crippen molar-refractivity contribution in [1.29, 1.82) is 0 Å². The molecular weight excluding hydrogens is 610 g/mol. The lowest BCUT2D eigenvalue weighted by atomic mass is 9.80. The average Bonchev–Trinajstić information content (AvgIpc) is 3.09. The zero-order chi connectivity index (χ0) is 33.7. The van der Waals surface area contributed by atoms with Crippen LogP contribution in [0.2, 0.25) is 0 Å². The number of esters is 2. The quantitative estimate of drug-likeness (QED) is 0.107. The number of anilines is 1. The molecule has 5 atom stereocenters. The lowest BCUT2D eigenvalue weighted by Gasteiger charge is -2.46. The highest BCUT2D eigenvalue weighted by molar-refractivity contribution is 5.80. The van der Waals surface area contributed by atoms with Crippen LogP contribution in [0.25, 0.3) is 11.0 Å². The second kappa shape index (κ2) is 14.3. The van der Waals surface area contributed by atoms with Gasteiger partial charge in [-0.05, 0) is 41.8 Å². The van der Waals surface area contributed by atoms with Crippen molar-refractivity contribution < 1.29 is 33.0 Å². The molecule has 9 nitrogen and oxygen atoms in total. The average molecular weight is 648 g/mol. The number of fused-ring (bicyclic) bond motifs is 1. The highest BCUT2D eigenvalue weighted by atomic mass is 16.6. The number of hydrogen-bond donors (Lipinski definition) is 1. The first kappa shape index (κ1) is 32.7. The van der Waals surface area contributed by atoms with Gasteiger partial charge in [0, 0.05) is 37.1 Å². The minimum atomic E-state index is -1.06. The maximum atomic E-state index is 12.6. The molecule has 1 aliphatic heterocycles. The predicted molar refractivity (Wildman–Crippen MR) is 180 cm³/mol. The standard InChI is InChI=1S/C39H37NO8/c1-25-36(40-32-21-19-28-20-22-35(43)48-33(28)23-32)38(47-27(3)42)37(46-26(2)41)34(45-25)24-44-39(29-13-7-4-8-14-29,30-15-9-5-10-16-30)31-17-11-6-12-18-31/h4-23,25,34,36-38,40H,24H2,1-3H3/t25?,34?,36?,37-,38-/m0/s1. The molecule has 1 saturated heterocycles. The van der Waals surface area contributed by atoms with E-state index in [0.717, 1.165) is 22.1 Å². The van der Waals surface area contributed by atoms with Gasteiger partial charge in [0.15, 0.2) is 12.2 Å². The van der Waals surface area contributed by atoms with Crippen molar-refractivity contribution in [2.24, 2.45) is 0 Å². The number of rotatable bonds is 10. The molecule has 0 saturated carbocycles. The topological polar surface area (TPSA) is 113 Å². The molecule has 246 valence electrons. The largest absolute Gasteiger partial charge is 0.456 e. The van der Waals surface area contributed by atoms with Gasteiger partial charge in [-0.1, -0.05) is 91.0 Å². The van der Waals surface area contributed by atoms with Crippen LogP contribution in [-0.4, -0.2) is 49.0 Å². The lowest BCUT2D eigenvalue weighted by molar-refractivity contribution is -0.220. The van der Waals surface area contributed by atoms with Crippen LogP contribution in [0.15, 0.2) is 131 Å². The van der Waals surface area contributed by atoms with Gasteiger partial charge in [0.2, 0.25) is 0 Å². The molecule has 0 radical (unpaired) electrons. The molecule has 1 aromatic heterocycles. The first-order chi connectivity index (χ1) is 23.2. The molecule has 4 aromatic carbocycles. The third-order valence-corrected chi connectivity index (χ3v) is 8.50. The van der Waals surface area contributed by atoms with Gasteiger partial charge in [-0.25, -0.2) is 4.79 Å². The molecule has 9 heteroatoms. The number of carbonyl (C=O) groups excluding carboxylic acids is 2. The van der Waals surface area contributed by atoms with Gasteiger partial charge in [0.05, 0.1) is 18.8 Å². The van der Waals surface area contributed by atoms with E-state index in [0.29, 0.717) is 11.3 Å². The van der Waals surface area contributed by atoms with Crippen LogP contribution in [0.4, 0.5) is 5.69 Å². The van der Waals surface area contributed by atoms with E-state index in [2.05, 4.69) is 5.32 Å². The predicted octanol–water partition coefficient (Wildman–Crippen LogP) is 6.23. The molecule has 0 spiro atoms. The zero-order valence-electron chi connectivity index (χ0n) is 26.9. The molecule has 1 aliphatic rings. The van der Waals surface area contributed by atoms with E-state index in [1.54, 1.807) is 12.1 Å². The summed E-state index contributed by atoms with van der Waals surface area (Å²) >= 11 is 0. The van der Waals surface area contributed by atoms with Crippen LogP contribution < -0.4 is 10.9 Å². The number of benzene rings is 4. The van der Waals surface area contributed by atoms with E-state index in [1.165, 1.54) is 19.9 Å². The minimum absolute atomic E-state index is 0.0212. The second-order valence-corrected chi connectivity index (χ2v) is 11.8. The van der Waals surface area contributed by atoms with Crippen molar-refractivity contribution in [1.82, 2.24) is 0 Å². The highest BCUT2D eigenvalue weighted by Gasteiger charge is 2.50. The van der Waals surface area contributed by atoms with Gasteiger partial charge >= 0.3 is 17.6 Å². The van der Waals surface area contributed by atoms with Crippen LogP contribution in [-0.2, 0) is 34.1 Å². The van der Waals surface area contributed by atoms with Crippen molar-refractivity contribution >= 4 is 28.6 Å². The fourth-order valence-corrected chi connectivity index (χ4v) is 6.44. The first-order valence-electron chi connectivity index (χ1n) is 15.9. The molecule has 48 heavy (non-hydrogen) atoms. The van der Waals surface area contributed by atoms with Crippen molar-refractivity contribution in [2.45, 2.75) is 56.8 Å². The number of carbonyl (C=O) groups is 2. The van der Waals surface area contributed by atoms with Gasteiger partial charge in [0.1, 0.15) is 17.3 Å². The summed E-state index contributed by atoms with van der Waals surface area (Å²) in [5.74, 6) is -1.11. The number of nitrogens with one attached hydrogen (secondary N) is 1. The maximum absolute atomic E-state index is 12.6. The highest BCUT2D eigenvalue weighted by Crippen LogP contribution is 2.41. The maximum Gasteiger partial charge on any atom is 0.336 e. The molecule has 0 bridgehead atoms. The van der Waals surface area contributed by atoms with Crippen LogP contribution in [0.5, 0.6) is 0 Å². The van der Waals surface area contributed by atoms with Gasteiger partial charge in [-0.15, -0.1) is 0 Å². The molecule has 1 N–H and O–H groups in total. The monoisotopic (exact) mass is 647 g/mol. The van der Waals surface area contributed by atoms with Crippen LogP contribution >= 0.6 is 0 Å². The number of hydrogen-bond acceptors (Lipinski definition) is 9. The van der Waals surface area contributed by atoms with Crippen molar-refractivity contribution in [3.63, 3.8) is 0 Å². The summed E-state index contributed by atoms with van der Waals surface area (Å²) in [6, 6.07) is 37.4. The summed E-state index contributed by atoms with van der Waals surface area (Å²) in [4.78, 5) is 37.0. The van der Waals surface area contributed by atoms with Crippen LogP contribution in [0.3, 0.4) is 0 Å². The van der Waals surface area contributed by atoms with E-state index in [1.807, 2.05) is 110 Å². The Hall–Kier alpha value is -5.25. The Morgan fingerprint density at radius 2 is 1.25 bits per heavy atom. The SMILES string of the molecule is CC(=O)O[C@H]1C(COC(c2ccccc2)(c2ccccc2)c2ccccc2)OC(C)C(Nc2ccc3ccc(=O)oc3c2)[C@@H]1OC(C)=O. The third kappa shape index (κ3) is 6.88. The van der Waals surface area contributed by atoms with E-state index in [-0.39, 0.29) is 6.61 Å². The first-order valence-corrected chi connectivity index (χ1v) is 15.9. The minimum Gasteiger partial charge on any atom is -0.456 e. The van der Waals surface area contributed by atoms with E-state index >= 15 is 0 Å². The molecule has 0 aliphatic carbocycles. The van der Waals surface area contributed by atoms with Crippen molar-refractivity contribution in [2.75, 3.05) is 11.9 Å². The number of ether oxygens (including phenoxy) is 4. The van der Waals surface area contributed by atoms with E-state index in [9.17, 15) is 14.4 Å². The molecule has 6 rings (SSSR count). The van der Waals surface area contributed by atoms with Crippen molar-refractivity contribution in [3.8, 4) is 0 Å². The fraction of sp³-hybridized carbons (Fsp3) is 0.256. The molecule has 0 amide bonds. The summed E-state index contributed by atoms with van der Waals surface area (Å²) in [5, 5.41) is 4.12. The molecule has 3 unspecified atom stereocenters. The molecule has 2 heterocycles. The Balaban J connectivity index is 1.38. The Kier molecular flexibility index (Phi) is 9.70. The zero-order valence-corrected chi connectivity index (χ0v) is 26.9. The molecule has 1 fully saturated rings. The van der Waals surface area contributed by atoms with Crippen LogP contribution in [0.1, 0.15) is 37.5 Å². The van der Waals surface area contributed by atoms with Gasteiger partial charge in [-0.2, -0.15) is 0 Å². The summed E-state index contributed by atoms with van der Waals surface area (Å²) in [7, 11) is 0. The second-order valence-electron chi connectivity index (χ2n) is 11.8. The summed E-state index contributed by atoms with van der Waals surface area (Å²) in [6.45, 7) is 4.44. The lowest BCUT2D eigenvalue weighted by Crippen LogP contribution is -2.63. The summed E-state index contributed by atoms with van der Waals surface area (Å²) in [6.07, 6.45) is -3.36. The van der Waals surface area contributed by atoms with E-state index < -0.39 is 53.6 Å². The molecular formula is C39H37NO8. The fourth-order valence-electron chi connectivity index (χ4n) is 6.44. The molecule has 5 aromatic rings. The van der Waals surface area contributed by atoms with Crippen LogP contribution in [0, 0.1) is 0 Å². The summed E-state index contributed by atoms with van der Waals surface area (Å²) < 4.78 is 30.8. The van der Waals surface area contributed by atoms with Gasteiger partial charge in [0.25, 0.3) is 0 Å². The van der Waals surface area contributed by atoms with Crippen molar-refractivity contribution in [3.05, 3.63) is 148 Å². The normalized spacial score (nSPS) is 20.9. The van der Waals surface area contributed by atoms with E-state index in [4.69, 9.17) is 23.4 Å². The Labute approximate surface area is 278 Å². The Morgan fingerprint density at radius 1 is 0.729 bits per heavy atom. The smallest absolute Gasteiger partial charge is 0.336 e.